The van der Waals surface area contributed by atoms with Crippen LogP contribution in [0.5, 0.6) is 11.5 Å². The fourth-order valence-electron chi connectivity index (χ4n) is 4.68. The smallest absolute Gasteiger partial charge is 0.488 e. The average Bonchev–Trinajstić information content (AvgIpc) is 3.58. The van der Waals surface area contributed by atoms with Crippen LogP contribution in [-0.4, -0.2) is 78.7 Å². The van der Waals surface area contributed by atoms with Crippen LogP contribution in [0.15, 0.2) is 72.8 Å². The molecule has 2 amide bonds. The summed E-state index contributed by atoms with van der Waals surface area (Å²) >= 11 is 5.90. The Morgan fingerprint density at radius 2 is 1.17 bits per heavy atom. The molecular weight excluding hydrogens is 691 g/mol. The van der Waals surface area contributed by atoms with Gasteiger partial charge in [-0.15, -0.1) is 0 Å². The number of hydrogen-bond donors (Lipinski definition) is 6. The van der Waals surface area contributed by atoms with Crippen LogP contribution in [0.1, 0.15) is 36.6 Å². The number of hydrogen-bond acceptors (Lipinski definition) is 12. The van der Waals surface area contributed by atoms with Crippen LogP contribution in [-0.2, 0) is 9.59 Å². The Balaban J connectivity index is 0.000000190. The minimum absolute atomic E-state index is 0.0330. The molecule has 4 heterocycles. The molecule has 16 nitrogen and oxygen atoms in total. The number of anilines is 2. The molecular formula is C34H36BClN10O6. The van der Waals surface area contributed by atoms with E-state index in [2.05, 4.69) is 40.8 Å². The van der Waals surface area contributed by atoms with Gasteiger partial charge in [0, 0.05) is 42.9 Å². The molecule has 0 saturated heterocycles. The number of halogens is 1. The SMILES string of the molecule is CC(=O)Nc1cc(-c2cccc(O)c2)nc(-n2nc(C)cc2C)n1.CC(=O)Nc1cc(Cl)nc(-n2nc(C)cc2C)n1.OB(O)c1cccc(O)c1. The Labute approximate surface area is 304 Å². The average molecular weight is 727 g/mol. The summed E-state index contributed by atoms with van der Waals surface area (Å²) in [7, 11) is -1.51. The summed E-state index contributed by atoms with van der Waals surface area (Å²) in [6, 6.07) is 19.5. The highest BCUT2D eigenvalue weighted by Gasteiger charge is 2.14. The lowest BCUT2D eigenvalue weighted by Crippen LogP contribution is -2.29. The first-order valence-electron chi connectivity index (χ1n) is 15.6. The van der Waals surface area contributed by atoms with Gasteiger partial charge in [0.25, 0.3) is 11.9 Å². The lowest BCUT2D eigenvalue weighted by molar-refractivity contribution is -0.115. The maximum Gasteiger partial charge on any atom is 0.488 e. The van der Waals surface area contributed by atoms with E-state index in [9.17, 15) is 14.7 Å². The second-order valence-electron chi connectivity index (χ2n) is 11.4. The van der Waals surface area contributed by atoms with Gasteiger partial charge in [-0.1, -0.05) is 35.9 Å². The molecule has 2 aromatic carbocycles. The van der Waals surface area contributed by atoms with Gasteiger partial charge >= 0.3 is 7.12 Å². The molecule has 6 rings (SSSR count). The van der Waals surface area contributed by atoms with Crippen LogP contribution in [0.4, 0.5) is 11.6 Å². The van der Waals surface area contributed by atoms with Gasteiger partial charge in [-0.3, -0.25) is 9.59 Å². The molecule has 0 atom stereocenters. The summed E-state index contributed by atoms with van der Waals surface area (Å²) in [5, 5.41) is 49.8. The van der Waals surface area contributed by atoms with E-state index in [1.165, 1.54) is 38.1 Å². The van der Waals surface area contributed by atoms with Gasteiger partial charge in [-0.2, -0.15) is 25.1 Å². The third kappa shape index (κ3) is 10.9. The molecule has 0 radical (unpaired) electrons. The van der Waals surface area contributed by atoms with Crippen LogP contribution in [0, 0.1) is 27.7 Å². The molecule has 4 aromatic heterocycles. The number of phenols is 2. The molecule has 6 N–H and O–H groups in total. The monoisotopic (exact) mass is 726 g/mol. The van der Waals surface area contributed by atoms with Crippen LogP contribution < -0.4 is 16.1 Å². The molecule has 52 heavy (non-hydrogen) atoms. The summed E-state index contributed by atoms with van der Waals surface area (Å²) in [5.41, 5.74) is 5.06. The molecule has 18 heteroatoms. The Morgan fingerprint density at radius 1 is 0.673 bits per heavy atom. The van der Waals surface area contributed by atoms with Gasteiger partial charge in [-0.05, 0) is 69.6 Å². The number of benzene rings is 2. The van der Waals surface area contributed by atoms with Crippen LogP contribution in [0.25, 0.3) is 23.2 Å². The molecule has 0 aliphatic carbocycles. The summed E-state index contributed by atoms with van der Waals surface area (Å²) in [6.07, 6.45) is 0. The minimum atomic E-state index is -1.51. The van der Waals surface area contributed by atoms with Gasteiger partial charge in [0.2, 0.25) is 11.8 Å². The predicted molar refractivity (Wildman–Crippen MR) is 196 cm³/mol. The van der Waals surface area contributed by atoms with Crippen LogP contribution >= 0.6 is 11.6 Å². The molecule has 268 valence electrons. The quantitative estimate of drug-likeness (QED) is 0.107. The fraction of sp³-hybridized carbons (Fsp3) is 0.176. The number of aromatic nitrogens is 8. The molecule has 0 fully saturated rings. The molecule has 0 aliphatic heterocycles. The van der Waals surface area contributed by atoms with Crippen molar-refractivity contribution in [1.82, 2.24) is 39.5 Å². The van der Waals surface area contributed by atoms with E-state index in [0.29, 0.717) is 40.3 Å². The zero-order valence-electron chi connectivity index (χ0n) is 29.1. The molecule has 0 aliphatic rings. The summed E-state index contributed by atoms with van der Waals surface area (Å²) in [5.74, 6) is 1.13. The lowest BCUT2D eigenvalue weighted by Gasteiger charge is -2.10. The van der Waals surface area contributed by atoms with E-state index >= 15 is 0 Å². The number of aromatic hydroxyl groups is 2. The Kier molecular flexibility index (Phi) is 12.8. The van der Waals surface area contributed by atoms with E-state index in [1.807, 2.05) is 45.9 Å². The van der Waals surface area contributed by atoms with Crippen LogP contribution in [0.3, 0.4) is 0 Å². The molecule has 0 bridgehead atoms. The zero-order valence-corrected chi connectivity index (χ0v) is 29.8. The van der Waals surface area contributed by atoms with Gasteiger partial charge in [-0.25, -0.2) is 14.3 Å². The first kappa shape index (κ1) is 38.6. The Morgan fingerprint density at radius 3 is 1.62 bits per heavy atom. The number of amides is 2. The lowest BCUT2D eigenvalue weighted by atomic mass is 9.80. The first-order valence-corrected chi connectivity index (χ1v) is 16.0. The van der Waals surface area contributed by atoms with Crippen molar-refractivity contribution in [1.29, 1.82) is 0 Å². The summed E-state index contributed by atoms with van der Waals surface area (Å²) in [4.78, 5) is 39.6. The molecule has 0 spiro atoms. The summed E-state index contributed by atoms with van der Waals surface area (Å²) < 4.78 is 3.19. The standard InChI is InChI=1S/C17H17N5O2.C11H12ClN5O.C6H7BO3/c1-10-7-11(2)22(21-10)17-19-15(9-16(20-17)18-12(3)23)13-5-4-6-14(24)8-13;1-6-4-7(2)17(16-6)11-14-9(12)5-10(15-11)13-8(3)18;8-6-3-1-2-5(4-6)7(9)10/h4-9,24H,1-3H3,(H,18,19,20,23);4-5H,1-3H3,(H,13,14,15,18);1-4,8-10H. The fourth-order valence-corrected chi connectivity index (χ4v) is 4.86. The second kappa shape index (κ2) is 17.2. The molecule has 0 saturated carbocycles. The van der Waals surface area contributed by atoms with Gasteiger partial charge in [0.05, 0.1) is 17.1 Å². The highest BCUT2D eigenvalue weighted by Crippen LogP contribution is 2.25. The van der Waals surface area contributed by atoms with Gasteiger partial charge in [0.1, 0.15) is 28.3 Å². The van der Waals surface area contributed by atoms with Crippen molar-refractivity contribution >= 4 is 47.6 Å². The van der Waals surface area contributed by atoms with Gasteiger partial charge in [0.15, 0.2) is 0 Å². The highest BCUT2D eigenvalue weighted by atomic mass is 35.5. The summed E-state index contributed by atoms with van der Waals surface area (Å²) in [6.45, 7) is 10.4. The van der Waals surface area contributed by atoms with E-state index in [0.717, 1.165) is 22.8 Å². The van der Waals surface area contributed by atoms with E-state index in [4.69, 9.17) is 26.8 Å². The van der Waals surface area contributed by atoms with Crippen LogP contribution in [0.2, 0.25) is 5.15 Å². The number of nitrogens with zero attached hydrogens (tertiary/aromatic N) is 8. The molecule has 6 aromatic rings. The zero-order chi connectivity index (χ0) is 38.1. The van der Waals surface area contributed by atoms with Gasteiger partial charge < -0.3 is 30.9 Å². The Hall–Kier alpha value is -6.17. The van der Waals surface area contributed by atoms with E-state index < -0.39 is 7.12 Å². The normalized spacial score (nSPS) is 10.3. The van der Waals surface area contributed by atoms with E-state index in [-0.39, 0.29) is 28.5 Å². The first-order chi connectivity index (χ1) is 24.6. The van der Waals surface area contributed by atoms with Crippen molar-refractivity contribution in [2.75, 3.05) is 10.6 Å². The number of carbonyl (C=O) groups is 2. The topological polar surface area (TPSA) is 226 Å². The van der Waals surface area contributed by atoms with Crippen molar-refractivity contribution < 1.29 is 29.9 Å². The number of phenolic OH excluding ortho intramolecular Hbond substituents is 2. The van der Waals surface area contributed by atoms with Crippen molar-refractivity contribution in [3.05, 3.63) is 101 Å². The number of rotatable bonds is 6. The molecule has 0 unspecified atom stereocenters. The van der Waals surface area contributed by atoms with Crippen molar-refractivity contribution in [3.8, 4) is 34.7 Å². The maximum atomic E-state index is 11.4. The van der Waals surface area contributed by atoms with Crippen molar-refractivity contribution in [3.63, 3.8) is 0 Å². The Bertz CT molecular complexity index is 2210. The number of aryl methyl sites for hydroxylation is 4. The number of carbonyl (C=O) groups excluding carboxylic acids is 2. The number of nitrogens with one attached hydrogen (secondary N) is 2. The second-order valence-corrected chi connectivity index (χ2v) is 11.8. The minimum Gasteiger partial charge on any atom is -0.508 e. The third-order valence-electron chi connectivity index (χ3n) is 6.71. The van der Waals surface area contributed by atoms with Crippen molar-refractivity contribution in [2.24, 2.45) is 0 Å². The predicted octanol–water partition coefficient (Wildman–Crippen LogP) is 3.57. The maximum absolute atomic E-state index is 11.4. The van der Waals surface area contributed by atoms with E-state index in [1.54, 1.807) is 39.7 Å². The largest absolute Gasteiger partial charge is 0.508 e. The third-order valence-corrected chi connectivity index (χ3v) is 6.91. The van der Waals surface area contributed by atoms with Crippen molar-refractivity contribution in [2.45, 2.75) is 41.5 Å². The highest BCUT2D eigenvalue weighted by molar-refractivity contribution is 6.58.